The van der Waals surface area contributed by atoms with E-state index in [-0.39, 0.29) is 48.3 Å². The minimum atomic E-state index is -0.691. The first-order valence-electron chi connectivity index (χ1n) is 12.1. The average molecular weight is 511 g/mol. The molecule has 8 nitrogen and oxygen atoms in total. The average Bonchev–Trinajstić information content (AvgIpc) is 3.36. The molecule has 36 heavy (non-hydrogen) atoms. The first-order valence-corrected chi connectivity index (χ1v) is 12.5. The number of esters is 1. The number of halogens is 1. The van der Waals surface area contributed by atoms with Crippen LogP contribution in [0, 0.1) is 23.7 Å². The Hall–Kier alpha value is -3.39. The third-order valence-corrected chi connectivity index (χ3v) is 7.61. The molecular formula is C27H27ClN2O6. The number of imide groups is 1. The first-order chi connectivity index (χ1) is 17.3. The highest BCUT2D eigenvalue weighted by molar-refractivity contribution is 6.31. The largest absolute Gasteiger partial charge is 0.495 e. The van der Waals surface area contributed by atoms with Crippen LogP contribution in [0.4, 0.5) is 11.4 Å². The number of carbonyl (C=O) groups excluding carboxylic acids is 4. The maximum absolute atomic E-state index is 13.1. The molecule has 0 unspecified atom stereocenters. The molecule has 9 heteroatoms. The second kappa shape index (κ2) is 9.58. The minimum absolute atomic E-state index is 0.0150. The maximum Gasteiger partial charge on any atom is 0.316 e. The van der Waals surface area contributed by atoms with E-state index in [1.807, 2.05) is 0 Å². The molecule has 0 spiro atoms. The van der Waals surface area contributed by atoms with Gasteiger partial charge in [0.25, 0.3) is 0 Å². The summed E-state index contributed by atoms with van der Waals surface area (Å²) in [5, 5.41) is 0.446. The Morgan fingerprint density at radius 1 is 1.03 bits per heavy atom. The van der Waals surface area contributed by atoms with Gasteiger partial charge in [-0.05, 0) is 55.5 Å². The molecule has 188 valence electrons. The van der Waals surface area contributed by atoms with Crippen molar-refractivity contribution in [1.82, 2.24) is 0 Å². The van der Waals surface area contributed by atoms with E-state index in [0.29, 0.717) is 40.9 Å². The molecule has 2 aromatic carbocycles. The molecule has 0 radical (unpaired) electrons. The van der Waals surface area contributed by atoms with Crippen LogP contribution in [0.1, 0.15) is 32.6 Å². The van der Waals surface area contributed by atoms with Gasteiger partial charge in [-0.3, -0.25) is 19.2 Å². The Morgan fingerprint density at radius 2 is 1.81 bits per heavy atom. The van der Waals surface area contributed by atoms with E-state index in [0.717, 1.165) is 6.42 Å². The Morgan fingerprint density at radius 3 is 2.58 bits per heavy atom. The Kier molecular flexibility index (Phi) is 6.47. The molecule has 0 N–H and O–H groups in total. The van der Waals surface area contributed by atoms with E-state index >= 15 is 0 Å². The predicted molar refractivity (Wildman–Crippen MR) is 133 cm³/mol. The number of anilines is 2. The van der Waals surface area contributed by atoms with Crippen LogP contribution in [0.3, 0.4) is 0 Å². The van der Waals surface area contributed by atoms with Crippen LogP contribution in [0.25, 0.3) is 0 Å². The summed E-state index contributed by atoms with van der Waals surface area (Å²) >= 11 is 6.11. The summed E-state index contributed by atoms with van der Waals surface area (Å²) in [7, 11) is 1.50. The Balaban J connectivity index is 1.30. The molecule has 2 aliphatic heterocycles. The number of amides is 3. The van der Waals surface area contributed by atoms with Crippen molar-refractivity contribution in [3.8, 4) is 11.5 Å². The number of benzene rings is 2. The molecule has 3 amide bonds. The maximum atomic E-state index is 13.1. The van der Waals surface area contributed by atoms with Crippen LogP contribution < -0.4 is 19.3 Å². The fourth-order valence-corrected chi connectivity index (χ4v) is 5.67. The molecule has 2 aromatic rings. The minimum Gasteiger partial charge on any atom is -0.495 e. The molecule has 0 bridgehead atoms. The summed E-state index contributed by atoms with van der Waals surface area (Å²) in [6.07, 6.45) is 2.35. The third-order valence-electron chi connectivity index (χ3n) is 7.37. The standard InChI is InChI=1S/C27H27ClN2O6/c1-15-6-8-20-21(10-15)26(33)30(25(20)32)18-4-3-5-19(13-18)36-27(34)16-11-24(31)29(14-16)22-12-17(28)7-9-23(22)35-2/h3-5,7,9,12-13,15-16,20-21H,6,8,10-11,14H2,1-2H3/t15-,16+,20+,21+/m0/s1. The van der Waals surface area contributed by atoms with Gasteiger partial charge in [-0.25, -0.2) is 4.90 Å². The summed E-state index contributed by atoms with van der Waals surface area (Å²) in [5.74, 6) is -1.33. The number of methoxy groups -OCH3 is 1. The normalized spacial score (nSPS) is 25.8. The van der Waals surface area contributed by atoms with Crippen LogP contribution in [-0.2, 0) is 19.2 Å². The highest BCUT2D eigenvalue weighted by Crippen LogP contribution is 2.42. The number of hydrogen-bond acceptors (Lipinski definition) is 6. The number of carbonyl (C=O) groups is 4. The number of fused-ring (bicyclic) bond motifs is 1. The quantitative estimate of drug-likeness (QED) is 0.339. The van der Waals surface area contributed by atoms with Gasteiger partial charge in [-0.15, -0.1) is 0 Å². The number of hydrogen-bond donors (Lipinski definition) is 0. The molecule has 1 aliphatic carbocycles. The zero-order valence-corrected chi connectivity index (χ0v) is 20.9. The molecule has 2 saturated heterocycles. The van der Waals surface area contributed by atoms with Gasteiger partial charge < -0.3 is 14.4 Å². The van der Waals surface area contributed by atoms with Crippen molar-refractivity contribution in [2.24, 2.45) is 23.7 Å². The van der Waals surface area contributed by atoms with Crippen LogP contribution in [-0.4, -0.2) is 37.3 Å². The van der Waals surface area contributed by atoms with Crippen molar-refractivity contribution in [3.63, 3.8) is 0 Å². The lowest BCUT2D eigenvalue weighted by Gasteiger charge is -2.25. The van der Waals surface area contributed by atoms with Crippen molar-refractivity contribution < 1.29 is 28.7 Å². The SMILES string of the molecule is COc1ccc(Cl)cc1N1C[C@H](C(=O)Oc2cccc(N3C(=O)[C@@H]4CC[C@H](C)C[C@H]4C3=O)c2)CC1=O. The lowest BCUT2D eigenvalue weighted by atomic mass is 9.76. The van der Waals surface area contributed by atoms with Crippen LogP contribution in [0.2, 0.25) is 5.02 Å². The van der Waals surface area contributed by atoms with E-state index in [2.05, 4.69) is 6.92 Å². The highest BCUT2D eigenvalue weighted by Gasteiger charge is 2.50. The van der Waals surface area contributed by atoms with Crippen molar-refractivity contribution in [1.29, 1.82) is 0 Å². The monoisotopic (exact) mass is 510 g/mol. The van der Waals surface area contributed by atoms with Gasteiger partial charge in [-0.1, -0.05) is 24.6 Å². The molecular weight excluding hydrogens is 484 g/mol. The highest BCUT2D eigenvalue weighted by atomic mass is 35.5. The van der Waals surface area contributed by atoms with Gasteiger partial charge in [0.2, 0.25) is 17.7 Å². The molecule has 3 fully saturated rings. The van der Waals surface area contributed by atoms with Gasteiger partial charge in [0.15, 0.2) is 0 Å². The number of rotatable bonds is 5. The fourth-order valence-electron chi connectivity index (χ4n) is 5.50. The van der Waals surface area contributed by atoms with E-state index in [1.54, 1.807) is 36.4 Å². The third kappa shape index (κ3) is 4.34. The summed E-state index contributed by atoms with van der Waals surface area (Å²) in [6.45, 7) is 2.23. The van der Waals surface area contributed by atoms with Crippen LogP contribution in [0.5, 0.6) is 11.5 Å². The summed E-state index contributed by atoms with van der Waals surface area (Å²) in [6, 6.07) is 11.4. The van der Waals surface area contributed by atoms with Gasteiger partial charge in [0, 0.05) is 24.1 Å². The number of ether oxygens (including phenoxy) is 2. The molecule has 5 rings (SSSR count). The topological polar surface area (TPSA) is 93.2 Å². The second-order valence-electron chi connectivity index (χ2n) is 9.78. The van der Waals surface area contributed by atoms with E-state index in [1.165, 1.54) is 23.0 Å². The number of nitrogens with zero attached hydrogens (tertiary/aromatic N) is 2. The van der Waals surface area contributed by atoms with E-state index in [9.17, 15) is 19.2 Å². The van der Waals surface area contributed by atoms with Crippen LogP contribution >= 0.6 is 11.6 Å². The Labute approximate surface area is 214 Å². The van der Waals surface area contributed by atoms with Gasteiger partial charge >= 0.3 is 5.97 Å². The van der Waals surface area contributed by atoms with Crippen molar-refractivity contribution in [2.75, 3.05) is 23.5 Å². The Bertz CT molecular complexity index is 1250. The summed E-state index contributed by atoms with van der Waals surface area (Å²) in [5.41, 5.74) is 0.888. The van der Waals surface area contributed by atoms with Crippen molar-refractivity contribution in [3.05, 3.63) is 47.5 Å². The summed E-state index contributed by atoms with van der Waals surface area (Å²) in [4.78, 5) is 54.4. The van der Waals surface area contributed by atoms with Crippen LogP contribution in [0.15, 0.2) is 42.5 Å². The van der Waals surface area contributed by atoms with Gasteiger partial charge in [0.1, 0.15) is 11.5 Å². The molecule has 1 saturated carbocycles. The lowest BCUT2D eigenvalue weighted by molar-refractivity contribution is -0.139. The lowest BCUT2D eigenvalue weighted by Crippen LogP contribution is -2.31. The molecule has 2 heterocycles. The smallest absolute Gasteiger partial charge is 0.316 e. The first kappa shape index (κ1) is 24.3. The molecule has 4 atom stereocenters. The zero-order valence-electron chi connectivity index (χ0n) is 20.1. The van der Waals surface area contributed by atoms with Gasteiger partial charge in [-0.2, -0.15) is 0 Å². The summed E-state index contributed by atoms with van der Waals surface area (Å²) < 4.78 is 10.9. The van der Waals surface area contributed by atoms with E-state index in [4.69, 9.17) is 21.1 Å². The second-order valence-corrected chi connectivity index (χ2v) is 10.2. The zero-order chi connectivity index (χ0) is 25.6. The molecule has 3 aliphatic rings. The van der Waals surface area contributed by atoms with Crippen molar-refractivity contribution >= 4 is 46.7 Å². The van der Waals surface area contributed by atoms with E-state index < -0.39 is 11.9 Å². The van der Waals surface area contributed by atoms with Crippen molar-refractivity contribution in [2.45, 2.75) is 32.6 Å². The fraction of sp³-hybridized carbons (Fsp3) is 0.407. The molecule has 0 aromatic heterocycles. The predicted octanol–water partition coefficient (Wildman–Crippen LogP) is 4.23. The van der Waals surface area contributed by atoms with Gasteiger partial charge in [0.05, 0.1) is 36.2 Å².